The molecule has 0 spiro atoms. The van der Waals surface area contributed by atoms with E-state index in [4.69, 9.17) is 4.74 Å². The van der Waals surface area contributed by atoms with E-state index >= 15 is 0 Å². The maximum atomic E-state index is 12.6. The summed E-state index contributed by atoms with van der Waals surface area (Å²) < 4.78 is 5.17. The zero-order chi connectivity index (χ0) is 17.1. The molecule has 5 heteroatoms. The minimum atomic E-state index is -0.372. The third kappa shape index (κ3) is 3.07. The van der Waals surface area contributed by atoms with Gasteiger partial charge in [0.25, 0.3) is 0 Å². The molecule has 2 aliphatic rings. The smallest absolute Gasteiger partial charge is 0.338 e. The van der Waals surface area contributed by atoms with Crippen molar-refractivity contribution >= 4 is 23.5 Å². The van der Waals surface area contributed by atoms with Crippen molar-refractivity contribution < 1.29 is 19.1 Å². The van der Waals surface area contributed by atoms with Gasteiger partial charge in [-0.15, -0.1) is 0 Å². The summed E-state index contributed by atoms with van der Waals surface area (Å²) in [6, 6.07) is 6.55. The summed E-state index contributed by atoms with van der Waals surface area (Å²) in [5.74, 6) is -0.886. The minimum absolute atomic E-state index is 0.0945. The molecule has 1 aliphatic heterocycles. The molecule has 0 N–H and O–H groups in total. The predicted molar refractivity (Wildman–Crippen MR) is 89.6 cm³/mol. The lowest BCUT2D eigenvalue weighted by Crippen LogP contribution is -2.30. The molecule has 2 amide bonds. The van der Waals surface area contributed by atoms with Crippen LogP contribution in [0.25, 0.3) is 0 Å². The first kappa shape index (κ1) is 16.7. The van der Waals surface area contributed by atoms with Gasteiger partial charge in [0, 0.05) is 0 Å². The second-order valence-corrected chi connectivity index (χ2v) is 6.55. The number of fused-ring (bicyclic) bond motifs is 1. The molecule has 1 aromatic rings. The summed E-state index contributed by atoms with van der Waals surface area (Å²) in [6.07, 6.45) is 5.42. The molecule has 1 saturated carbocycles. The zero-order valence-electron chi connectivity index (χ0n) is 14.0. The molecule has 5 nitrogen and oxygen atoms in total. The van der Waals surface area contributed by atoms with E-state index in [1.54, 1.807) is 24.3 Å². The van der Waals surface area contributed by atoms with Crippen molar-refractivity contribution in [2.45, 2.75) is 45.4 Å². The van der Waals surface area contributed by atoms with Gasteiger partial charge in [-0.2, -0.15) is 0 Å². The molecule has 2 atom stereocenters. The number of nitrogens with zero attached hydrogens (tertiary/aromatic N) is 1. The average molecular weight is 329 g/mol. The highest BCUT2D eigenvalue weighted by atomic mass is 16.5. The molecule has 1 aromatic carbocycles. The normalized spacial score (nSPS) is 23.3. The van der Waals surface area contributed by atoms with Gasteiger partial charge in [0.1, 0.15) is 0 Å². The molecule has 1 aliphatic carbocycles. The Kier molecular flexibility index (Phi) is 4.97. The Morgan fingerprint density at radius 2 is 1.67 bits per heavy atom. The van der Waals surface area contributed by atoms with Crippen LogP contribution in [0.3, 0.4) is 0 Å². The van der Waals surface area contributed by atoms with Gasteiger partial charge in [-0.05, 0) is 43.5 Å². The van der Waals surface area contributed by atoms with Gasteiger partial charge in [0.15, 0.2) is 0 Å². The first-order valence-electron chi connectivity index (χ1n) is 8.78. The summed E-state index contributed by atoms with van der Waals surface area (Å²) in [7, 11) is 0. The summed E-state index contributed by atoms with van der Waals surface area (Å²) >= 11 is 0. The Balaban J connectivity index is 1.72. The predicted octanol–water partition coefficient (Wildman–Crippen LogP) is 3.32. The number of imide groups is 1. The fourth-order valence-corrected chi connectivity index (χ4v) is 3.56. The molecular weight excluding hydrogens is 306 g/mol. The van der Waals surface area contributed by atoms with Crippen LogP contribution in [-0.4, -0.2) is 24.4 Å². The number of rotatable bonds is 5. The van der Waals surface area contributed by atoms with Crippen LogP contribution in [0.4, 0.5) is 5.69 Å². The van der Waals surface area contributed by atoms with Crippen LogP contribution >= 0.6 is 0 Å². The Hall–Kier alpha value is -2.17. The third-order valence-electron chi connectivity index (χ3n) is 4.93. The van der Waals surface area contributed by atoms with Gasteiger partial charge >= 0.3 is 5.97 Å². The van der Waals surface area contributed by atoms with Crippen LogP contribution in [-0.2, 0) is 14.3 Å². The van der Waals surface area contributed by atoms with E-state index in [0.717, 1.165) is 38.5 Å². The highest BCUT2D eigenvalue weighted by Crippen LogP contribution is 2.40. The second-order valence-electron chi connectivity index (χ2n) is 6.55. The van der Waals surface area contributed by atoms with Crippen LogP contribution in [0.5, 0.6) is 0 Å². The molecule has 1 saturated heterocycles. The third-order valence-corrected chi connectivity index (χ3v) is 4.93. The number of hydrogen-bond acceptors (Lipinski definition) is 4. The van der Waals surface area contributed by atoms with Crippen molar-refractivity contribution in [2.24, 2.45) is 11.8 Å². The van der Waals surface area contributed by atoms with Crippen molar-refractivity contribution in [3.8, 4) is 0 Å². The molecule has 1 heterocycles. The van der Waals surface area contributed by atoms with Crippen LogP contribution in [0.15, 0.2) is 24.3 Å². The fraction of sp³-hybridized carbons (Fsp3) is 0.526. The van der Waals surface area contributed by atoms with Gasteiger partial charge in [-0.3, -0.25) is 14.5 Å². The van der Waals surface area contributed by atoms with E-state index in [0.29, 0.717) is 17.9 Å². The summed E-state index contributed by atoms with van der Waals surface area (Å²) in [6.45, 7) is 2.44. The maximum absolute atomic E-state index is 12.6. The minimum Gasteiger partial charge on any atom is -0.462 e. The molecule has 2 unspecified atom stereocenters. The molecule has 0 radical (unpaired) electrons. The number of anilines is 1. The van der Waals surface area contributed by atoms with Gasteiger partial charge in [0.2, 0.25) is 11.8 Å². The molecule has 2 fully saturated rings. The molecule has 0 aromatic heterocycles. The van der Waals surface area contributed by atoms with Crippen LogP contribution in [0.1, 0.15) is 55.8 Å². The topological polar surface area (TPSA) is 63.7 Å². The number of carbonyl (C=O) groups excluding carboxylic acids is 3. The zero-order valence-corrected chi connectivity index (χ0v) is 14.0. The van der Waals surface area contributed by atoms with Crippen molar-refractivity contribution in [3.63, 3.8) is 0 Å². The van der Waals surface area contributed by atoms with Gasteiger partial charge in [0.05, 0.1) is 29.7 Å². The lowest BCUT2D eigenvalue weighted by molar-refractivity contribution is -0.122. The van der Waals surface area contributed by atoms with E-state index in [-0.39, 0.29) is 29.6 Å². The summed E-state index contributed by atoms with van der Waals surface area (Å²) in [4.78, 5) is 38.3. The number of amides is 2. The summed E-state index contributed by atoms with van der Waals surface area (Å²) in [5, 5.41) is 0. The molecule has 128 valence electrons. The largest absolute Gasteiger partial charge is 0.462 e. The van der Waals surface area contributed by atoms with E-state index in [1.807, 2.05) is 6.92 Å². The second kappa shape index (κ2) is 7.16. The van der Waals surface area contributed by atoms with Crippen molar-refractivity contribution in [2.75, 3.05) is 11.5 Å². The highest BCUT2D eigenvalue weighted by Gasteiger charge is 2.48. The standard InChI is InChI=1S/C19H23NO4/c1-2-3-12-24-19(23)13-8-10-14(11-9-13)20-17(21)15-6-4-5-7-16(15)18(20)22/h8-11,15-16H,2-7,12H2,1H3. The number of hydrogen-bond donors (Lipinski definition) is 0. The van der Waals surface area contributed by atoms with Gasteiger partial charge < -0.3 is 4.74 Å². The number of carbonyl (C=O) groups is 3. The van der Waals surface area contributed by atoms with Gasteiger partial charge in [-0.1, -0.05) is 26.2 Å². The van der Waals surface area contributed by atoms with Crippen LogP contribution in [0, 0.1) is 11.8 Å². The van der Waals surface area contributed by atoms with Crippen LogP contribution in [0.2, 0.25) is 0 Å². The molecule has 0 bridgehead atoms. The summed E-state index contributed by atoms with van der Waals surface area (Å²) in [5.41, 5.74) is 0.982. The maximum Gasteiger partial charge on any atom is 0.338 e. The lowest BCUT2D eigenvalue weighted by atomic mass is 9.81. The van der Waals surface area contributed by atoms with E-state index in [9.17, 15) is 14.4 Å². The van der Waals surface area contributed by atoms with Crippen molar-refractivity contribution in [1.29, 1.82) is 0 Å². The number of benzene rings is 1. The number of unbranched alkanes of at least 4 members (excludes halogenated alkanes) is 1. The first-order chi connectivity index (χ1) is 11.6. The average Bonchev–Trinajstić information content (AvgIpc) is 2.87. The molecule has 3 rings (SSSR count). The molecule has 24 heavy (non-hydrogen) atoms. The van der Waals surface area contributed by atoms with Gasteiger partial charge in [-0.25, -0.2) is 4.79 Å². The highest BCUT2D eigenvalue weighted by molar-refractivity contribution is 6.22. The van der Waals surface area contributed by atoms with Crippen LogP contribution < -0.4 is 4.90 Å². The Labute approximate surface area is 142 Å². The first-order valence-corrected chi connectivity index (χ1v) is 8.78. The monoisotopic (exact) mass is 329 g/mol. The Bertz CT molecular complexity index is 613. The van der Waals surface area contributed by atoms with Crippen molar-refractivity contribution in [1.82, 2.24) is 0 Å². The number of esters is 1. The quantitative estimate of drug-likeness (QED) is 0.472. The Morgan fingerprint density at radius 3 is 2.21 bits per heavy atom. The van der Waals surface area contributed by atoms with E-state index in [2.05, 4.69) is 0 Å². The van der Waals surface area contributed by atoms with E-state index in [1.165, 1.54) is 4.90 Å². The SMILES string of the molecule is CCCCOC(=O)c1ccc(N2C(=O)C3CCCCC3C2=O)cc1. The molecular formula is C19H23NO4. The van der Waals surface area contributed by atoms with Crippen molar-refractivity contribution in [3.05, 3.63) is 29.8 Å². The lowest BCUT2D eigenvalue weighted by Gasteiger charge is -2.19. The van der Waals surface area contributed by atoms with E-state index < -0.39 is 0 Å². The fourth-order valence-electron chi connectivity index (χ4n) is 3.56. The Morgan fingerprint density at radius 1 is 1.08 bits per heavy atom. The number of ether oxygens (including phenoxy) is 1.